The van der Waals surface area contributed by atoms with Gasteiger partial charge in [-0.25, -0.2) is 0 Å². The minimum Gasteiger partial charge on any atom is -0.385 e. The molecule has 21 heavy (non-hydrogen) atoms. The summed E-state index contributed by atoms with van der Waals surface area (Å²) in [6, 6.07) is 6.93. The highest BCUT2D eigenvalue weighted by Crippen LogP contribution is 2.28. The van der Waals surface area contributed by atoms with Crippen molar-refractivity contribution in [2.75, 3.05) is 29.9 Å². The van der Waals surface area contributed by atoms with E-state index in [1.807, 2.05) is 0 Å². The van der Waals surface area contributed by atoms with Crippen LogP contribution in [0.25, 0.3) is 0 Å². The standard InChI is InChI=1S/C19H30N2/c1-16-15-18(21-13-5-6-14-21)9-10-19(16)20-12-11-17-7-3-2-4-8-17/h9-10,15,17,20H,2-8,11-14H2,1H3. The SMILES string of the molecule is Cc1cc(N2CCCC2)ccc1NCCC1CCCCC1. The smallest absolute Gasteiger partial charge is 0.0371 e. The Morgan fingerprint density at radius 3 is 2.52 bits per heavy atom. The van der Waals surface area contributed by atoms with Gasteiger partial charge in [0.2, 0.25) is 0 Å². The number of nitrogens with one attached hydrogen (secondary N) is 1. The molecule has 1 heterocycles. The molecule has 3 rings (SSSR count). The number of aryl methyl sites for hydroxylation is 1. The van der Waals surface area contributed by atoms with E-state index in [0.29, 0.717) is 0 Å². The van der Waals surface area contributed by atoms with Crippen LogP contribution in [-0.4, -0.2) is 19.6 Å². The molecule has 0 radical (unpaired) electrons. The Morgan fingerprint density at radius 2 is 1.81 bits per heavy atom. The fraction of sp³-hybridized carbons (Fsp3) is 0.684. The molecule has 116 valence electrons. The van der Waals surface area contributed by atoms with E-state index in [4.69, 9.17) is 0 Å². The maximum atomic E-state index is 3.66. The quantitative estimate of drug-likeness (QED) is 0.821. The molecule has 0 unspecified atom stereocenters. The zero-order valence-corrected chi connectivity index (χ0v) is 13.5. The second-order valence-corrected chi connectivity index (χ2v) is 6.91. The molecule has 2 fully saturated rings. The largest absolute Gasteiger partial charge is 0.385 e. The van der Waals surface area contributed by atoms with Gasteiger partial charge in [-0.2, -0.15) is 0 Å². The summed E-state index contributed by atoms with van der Waals surface area (Å²) in [4.78, 5) is 2.51. The molecule has 1 aromatic rings. The summed E-state index contributed by atoms with van der Waals surface area (Å²) in [7, 11) is 0. The molecule has 2 heteroatoms. The Morgan fingerprint density at radius 1 is 1.05 bits per heavy atom. The molecule has 0 spiro atoms. The molecule has 0 aromatic heterocycles. The van der Waals surface area contributed by atoms with Crippen LogP contribution in [0.4, 0.5) is 11.4 Å². The van der Waals surface area contributed by atoms with Gasteiger partial charge in [-0.1, -0.05) is 32.1 Å². The first-order chi connectivity index (χ1) is 10.3. The number of rotatable bonds is 5. The van der Waals surface area contributed by atoms with Gasteiger partial charge in [-0.05, 0) is 55.9 Å². The van der Waals surface area contributed by atoms with Gasteiger partial charge in [0.15, 0.2) is 0 Å². The van der Waals surface area contributed by atoms with E-state index in [-0.39, 0.29) is 0 Å². The number of hydrogen-bond donors (Lipinski definition) is 1. The summed E-state index contributed by atoms with van der Waals surface area (Å²) in [5.74, 6) is 0.968. The Bertz CT molecular complexity index is 443. The summed E-state index contributed by atoms with van der Waals surface area (Å²) < 4.78 is 0. The van der Waals surface area contributed by atoms with Gasteiger partial charge in [0.05, 0.1) is 0 Å². The first kappa shape index (κ1) is 14.7. The third kappa shape index (κ3) is 3.93. The van der Waals surface area contributed by atoms with Gasteiger partial charge in [0, 0.05) is 31.0 Å². The van der Waals surface area contributed by atoms with Crippen LogP contribution in [0.2, 0.25) is 0 Å². The summed E-state index contributed by atoms with van der Waals surface area (Å²) in [5.41, 5.74) is 4.12. The Balaban J connectivity index is 1.50. The summed E-state index contributed by atoms with van der Waals surface area (Å²) in [6.07, 6.45) is 11.3. The molecule has 1 saturated carbocycles. The highest BCUT2D eigenvalue weighted by atomic mass is 15.1. The van der Waals surface area contributed by atoms with Gasteiger partial charge in [0.25, 0.3) is 0 Å². The van der Waals surface area contributed by atoms with Crippen molar-refractivity contribution >= 4 is 11.4 Å². The van der Waals surface area contributed by atoms with E-state index < -0.39 is 0 Å². The van der Waals surface area contributed by atoms with E-state index in [1.54, 1.807) is 0 Å². The normalized spacial score (nSPS) is 20.0. The highest BCUT2D eigenvalue weighted by molar-refractivity contribution is 5.60. The van der Waals surface area contributed by atoms with Crippen molar-refractivity contribution in [2.45, 2.75) is 58.3 Å². The lowest BCUT2D eigenvalue weighted by atomic mass is 9.87. The van der Waals surface area contributed by atoms with E-state index in [1.165, 1.54) is 81.4 Å². The van der Waals surface area contributed by atoms with Crippen molar-refractivity contribution in [3.8, 4) is 0 Å². The molecule has 1 N–H and O–H groups in total. The average molecular weight is 286 g/mol. The first-order valence-electron chi connectivity index (χ1n) is 8.92. The minimum absolute atomic E-state index is 0.968. The monoisotopic (exact) mass is 286 g/mol. The lowest BCUT2D eigenvalue weighted by molar-refractivity contribution is 0.345. The van der Waals surface area contributed by atoms with Gasteiger partial charge < -0.3 is 10.2 Å². The van der Waals surface area contributed by atoms with Crippen LogP contribution in [-0.2, 0) is 0 Å². The molecular formula is C19H30N2. The Labute approximate surface area is 129 Å². The molecule has 2 aliphatic rings. The van der Waals surface area contributed by atoms with E-state index in [2.05, 4.69) is 35.3 Å². The molecule has 1 aliphatic carbocycles. The van der Waals surface area contributed by atoms with Crippen molar-refractivity contribution < 1.29 is 0 Å². The van der Waals surface area contributed by atoms with Crippen LogP contribution in [0.15, 0.2) is 18.2 Å². The zero-order chi connectivity index (χ0) is 14.5. The number of benzene rings is 1. The van der Waals surface area contributed by atoms with Crippen molar-refractivity contribution in [3.05, 3.63) is 23.8 Å². The third-order valence-corrected chi connectivity index (χ3v) is 5.27. The fourth-order valence-corrected chi connectivity index (χ4v) is 3.90. The molecule has 0 bridgehead atoms. The minimum atomic E-state index is 0.968. The van der Waals surface area contributed by atoms with Crippen molar-refractivity contribution in [2.24, 2.45) is 5.92 Å². The highest BCUT2D eigenvalue weighted by Gasteiger charge is 2.14. The topological polar surface area (TPSA) is 15.3 Å². The third-order valence-electron chi connectivity index (χ3n) is 5.27. The number of anilines is 2. The van der Waals surface area contributed by atoms with Gasteiger partial charge in [-0.15, -0.1) is 0 Å². The maximum Gasteiger partial charge on any atom is 0.0371 e. The van der Waals surface area contributed by atoms with E-state index >= 15 is 0 Å². The van der Waals surface area contributed by atoms with Crippen molar-refractivity contribution in [1.29, 1.82) is 0 Å². The van der Waals surface area contributed by atoms with E-state index in [9.17, 15) is 0 Å². The zero-order valence-electron chi connectivity index (χ0n) is 13.5. The van der Waals surface area contributed by atoms with Gasteiger partial charge >= 0.3 is 0 Å². The van der Waals surface area contributed by atoms with Crippen LogP contribution in [0, 0.1) is 12.8 Å². The predicted molar refractivity (Wildman–Crippen MR) is 92.3 cm³/mol. The average Bonchev–Trinajstić information content (AvgIpc) is 3.04. The molecule has 1 aliphatic heterocycles. The van der Waals surface area contributed by atoms with E-state index in [0.717, 1.165) is 12.5 Å². The van der Waals surface area contributed by atoms with Crippen LogP contribution >= 0.6 is 0 Å². The molecule has 0 atom stereocenters. The summed E-state index contributed by atoms with van der Waals surface area (Å²) in [5, 5.41) is 3.66. The van der Waals surface area contributed by atoms with Crippen LogP contribution in [0.1, 0.15) is 56.9 Å². The van der Waals surface area contributed by atoms with Crippen LogP contribution in [0.3, 0.4) is 0 Å². The fourth-order valence-electron chi connectivity index (χ4n) is 3.90. The molecule has 0 amide bonds. The Kier molecular flexibility index (Phi) is 5.05. The summed E-state index contributed by atoms with van der Waals surface area (Å²) in [6.45, 7) is 5.83. The molecule has 2 nitrogen and oxygen atoms in total. The number of hydrogen-bond acceptors (Lipinski definition) is 2. The second kappa shape index (κ2) is 7.20. The second-order valence-electron chi connectivity index (χ2n) is 6.91. The predicted octanol–water partition coefficient (Wildman–Crippen LogP) is 4.98. The van der Waals surface area contributed by atoms with Crippen LogP contribution in [0.5, 0.6) is 0 Å². The van der Waals surface area contributed by atoms with Gasteiger partial charge in [-0.3, -0.25) is 0 Å². The van der Waals surface area contributed by atoms with Crippen molar-refractivity contribution in [1.82, 2.24) is 0 Å². The maximum absolute atomic E-state index is 3.66. The molecule has 1 saturated heterocycles. The summed E-state index contributed by atoms with van der Waals surface area (Å²) >= 11 is 0. The Hall–Kier alpha value is -1.18. The van der Waals surface area contributed by atoms with Crippen molar-refractivity contribution in [3.63, 3.8) is 0 Å². The lowest BCUT2D eigenvalue weighted by Gasteiger charge is -2.22. The lowest BCUT2D eigenvalue weighted by Crippen LogP contribution is -2.18. The van der Waals surface area contributed by atoms with Gasteiger partial charge in [0.1, 0.15) is 0 Å². The first-order valence-corrected chi connectivity index (χ1v) is 8.92. The molecular weight excluding hydrogens is 256 g/mol. The van der Waals surface area contributed by atoms with Crippen LogP contribution < -0.4 is 10.2 Å². The molecule has 1 aromatic carbocycles. The number of nitrogens with zero attached hydrogens (tertiary/aromatic N) is 1.